The van der Waals surface area contributed by atoms with E-state index >= 15 is 0 Å². The number of likely N-dealkylation sites (tertiary alicyclic amines) is 1. The summed E-state index contributed by atoms with van der Waals surface area (Å²) in [4.78, 5) is 2.34. The number of hydrogen-bond donors (Lipinski definition) is 2. The fourth-order valence-corrected chi connectivity index (χ4v) is 2.22. The second-order valence-corrected chi connectivity index (χ2v) is 4.77. The maximum absolute atomic E-state index is 8.79. The Hall–Kier alpha value is -0.160. The average molecular weight is 216 g/mol. The maximum atomic E-state index is 8.79. The van der Waals surface area contributed by atoms with E-state index in [2.05, 4.69) is 11.8 Å². The lowest BCUT2D eigenvalue weighted by Crippen LogP contribution is -2.50. The van der Waals surface area contributed by atoms with E-state index < -0.39 is 0 Å². The Morgan fingerprint density at radius 3 is 2.93 bits per heavy atom. The summed E-state index contributed by atoms with van der Waals surface area (Å²) < 4.78 is 5.52. The van der Waals surface area contributed by atoms with Crippen LogP contribution in [0.3, 0.4) is 0 Å². The first kappa shape index (κ1) is 12.9. The minimum Gasteiger partial charge on any atom is -0.396 e. The highest BCUT2D eigenvalue weighted by Gasteiger charge is 2.30. The summed E-state index contributed by atoms with van der Waals surface area (Å²) in [5.74, 6) is 0. The summed E-state index contributed by atoms with van der Waals surface area (Å²) in [6, 6.07) is 0.0780. The lowest BCUT2D eigenvalue weighted by atomic mass is 9.94. The molecule has 0 amide bonds. The molecule has 1 saturated heterocycles. The summed E-state index contributed by atoms with van der Waals surface area (Å²) in [6.07, 6.45) is 2.96. The molecular weight excluding hydrogens is 192 g/mol. The normalized spacial score (nSPS) is 30.4. The van der Waals surface area contributed by atoms with E-state index in [4.69, 9.17) is 15.6 Å². The van der Waals surface area contributed by atoms with Gasteiger partial charge in [-0.1, -0.05) is 0 Å². The van der Waals surface area contributed by atoms with Crippen molar-refractivity contribution < 1.29 is 9.84 Å². The van der Waals surface area contributed by atoms with Gasteiger partial charge < -0.3 is 15.6 Å². The van der Waals surface area contributed by atoms with Crippen LogP contribution in [0, 0.1) is 0 Å². The van der Waals surface area contributed by atoms with Crippen LogP contribution in [0.4, 0.5) is 0 Å². The number of aliphatic hydroxyl groups excluding tert-OH is 1. The lowest BCUT2D eigenvalue weighted by Gasteiger charge is -2.40. The van der Waals surface area contributed by atoms with E-state index in [1.807, 2.05) is 0 Å². The molecular formula is C11H24N2O2. The highest BCUT2D eigenvalue weighted by molar-refractivity contribution is 4.85. The van der Waals surface area contributed by atoms with E-state index in [-0.39, 0.29) is 18.2 Å². The van der Waals surface area contributed by atoms with Crippen LogP contribution in [0.15, 0.2) is 0 Å². The van der Waals surface area contributed by atoms with Crippen molar-refractivity contribution in [1.29, 1.82) is 0 Å². The Kier molecular flexibility index (Phi) is 4.99. The maximum Gasteiger partial charge on any atom is 0.0777 e. The van der Waals surface area contributed by atoms with Crippen LogP contribution < -0.4 is 5.73 Å². The molecule has 0 aliphatic carbocycles. The summed E-state index contributed by atoms with van der Waals surface area (Å²) in [5.41, 5.74) is 5.89. The van der Waals surface area contributed by atoms with E-state index in [9.17, 15) is 0 Å². The second-order valence-electron chi connectivity index (χ2n) is 4.77. The number of piperidine rings is 1. The second kappa shape index (κ2) is 5.80. The Morgan fingerprint density at radius 1 is 1.60 bits per heavy atom. The van der Waals surface area contributed by atoms with Crippen LogP contribution in [0.5, 0.6) is 0 Å². The zero-order valence-electron chi connectivity index (χ0n) is 9.91. The molecule has 15 heavy (non-hydrogen) atoms. The predicted octanol–water partition coefficient (Wildman–Crippen LogP) is 0.197. The van der Waals surface area contributed by atoms with Crippen molar-refractivity contribution in [2.45, 2.75) is 37.8 Å². The van der Waals surface area contributed by atoms with Crippen LogP contribution in [0.25, 0.3) is 0 Å². The molecule has 4 heteroatoms. The fourth-order valence-electron chi connectivity index (χ4n) is 2.22. The van der Waals surface area contributed by atoms with E-state index in [1.165, 1.54) is 0 Å². The predicted molar refractivity (Wildman–Crippen MR) is 60.8 cm³/mol. The molecule has 0 saturated carbocycles. The third-order valence-electron chi connectivity index (χ3n) is 3.22. The Labute approximate surface area is 92.4 Å². The third kappa shape index (κ3) is 4.07. The van der Waals surface area contributed by atoms with Crippen LogP contribution in [-0.2, 0) is 4.74 Å². The van der Waals surface area contributed by atoms with Crippen molar-refractivity contribution in [2.75, 3.05) is 33.4 Å². The zero-order chi connectivity index (χ0) is 11.3. The highest BCUT2D eigenvalue weighted by atomic mass is 16.5. The smallest absolute Gasteiger partial charge is 0.0777 e. The van der Waals surface area contributed by atoms with Crippen LogP contribution >= 0.6 is 0 Å². The number of methoxy groups -OCH3 is 1. The molecule has 0 radical (unpaired) electrons. The van der Waals surface area contributed by atoms with Gasteiger partial charge in [-0.15, -0.1) is 0 Å². The number of hydrogen-bond acceptors (Lipinski definition) is 4. The average Bonchev–Trinajstić information content (AvgIpc) is 2.18. The first-order valence-corrected chi connectivity index (χ1v) is 5.73. The van der Waals surface area contributed by atoms with Gasteiger partial charge in [0.05, 0.1) is 5.60 Å². The summed E-state index contributed by atoms with van der Waals surface area (Å²) in [7, 11) is 1.77. The van der Waals surface area contributed by atoms with E-state index in [1.54, 1.807) is 7.11 Å². The quantitative estimate of drug-likeness (QED) is 0.689. The monoisotopic (exact) mass is 216 g/mol. The van der Waals surface area contributed by atoms with Gasteiger partial charge in [-0.3, -0.25) is 4.90 Å². The van der Waals surface area contributed by atoms with Crippen molar-refractivity contribution in [2.24, 2.45) is 5.73 Å². The number of nitrogens with zero attached hydrogens (tertiary/aromatic N) is 1. The molecule has 0 bridgehead atoms. The van der Waals surface area contributed by atoms with Gasteiger partial charge in [-0.05, 0) is 32.7 Å². The zero-order valence-corrected chi connectivity index (χ0v) is 9.91. The van der Waals surface area contributed by atoms with E-state index in [0.717, 1.165) is 32.5 Å². The number of ether oxygens (including phenoxy) is 1. The minimum atomic E-state index is -0.0167. The van der Waals surface area contributed by atoms with Crippen LogP contribution in [0.1, 0.15) is 26.2 Å². The largest absolute Gasteiger partial charge is 0.396 e. The van der Waals surface area contributed by atoms with Gasteiger partial charge in [0.1, 0.15) is 0 Å². The standard InChI is InChI=1S/C11H24N2O2/c1-11(15-2)5-3-6-13(9-11)8-10(12)4-7-14/h10,14H,3-9,12H2,1-2H3. The molecule has 3 N–H and O–H groups in total. The van der Waals surface area contributed by atoms with Gasteiger partial charge >= 0.3 is 0 Å². The SMILES string of the molecule is COC1(C)CCCN(CC(N)CCO)C1. The van der Waals surface area contributed by atoms with Gasteiger partial charge in [0.25, 0.3) is 0 Å². The molecule has 2 unspecified atom stereocenters. The molecule has 1 aliphatic heterocycles. The number of rotatable bonds is 5. The molecule has 0 spiro atoms. The van der Waals surface area contributed by atoms with Crippen LogP contribution in [0.2, 0.25) is 0 Å². The van der Waals surface area contributed by atoms with Gasteiger partial charge in [0.15, 0.2) is 0 Å². The van der Waals surface area contributed by atoms with Gasteiger partial charge in [0, 0.05) is 32.8 Å². The fraction of sp³-hybridized carbons (Fsp3) is 1.00. The Balaban J connectivity index is 2.36. The Morgan fingerprint density at radius 2 is 2.33 bits per heavy atom. The first-order chi connectivity index (χ1) is 7.09. The van der Waals surface area contributed by atoms with Crippen molar-refractivity contribution in [3.8, 4) is 0 Å². The molecule has 1 heterocycles. The summed E-state index contributed by atoms with van der Waals surface area (Å²) in [5, 5.41) is 8.79. The highest BCUT2D eigenvalue weighted by Crippen LogP contribution is 2.23. The van der Waals surface area contributed by atoms with E-state index in [0.29, 0.717) is 6.42 Å². The molecule has 1 rings (SSSR count). The summed E-state index contributed by atoms with van der Waals surface area (Å²) >= 11 is 0. The van der Waals surface area contributed by atoms with Gasteiger partial charge in [0.2, 0.25) is 0 Å². The molecule has 0 aromatic heterocycles. The van der Waals surface area contributed by atoms with Crippen molar-refractivity contribution >= 4 is 0 Å². The molecule has 4 nitrogen and oxygen atoms in total. The molecule has 0 aromatic carbocycles. The molecule has 2 atom stereocenters. The van der Waals surface area contributed by atoms with Crippen molar-refractivity contribution in [3.05, 3.63) is 0 Å². The topological polar surface area (TPSA) is 58.7 Å². The Bertz CT molecular complexity index is 189. The number of nitrogens with two attached hydrogens (primary N) is 1. The van der Waals surface area contributed by atoms with Gasteiger partial charge in [-0.25, -0.2) is 0 Å². The van der Waals surface area contributed by atoms with Crippen LogP contribution in [-0.4, -0.2) is 55.0 Å². The first-order valence-electron chi connectivity index (χ1n) is 5.73. The lowest BCUT2D eigenvalue weighted by molar-refractivity contribution is -0.0519. The molecule has 90 valence electrons. The number of aliphatic hydroxyl groups is 1. The minimum absolute atomic E-state index is 0.0167. The third-order valence-corrected chi connectivity index (χ3v) is 3.22. The summed E-state index contributed by atoms with van der Waals surface area (Å²) in [6.45, 7) is 5.23. The molecule has 0 aromatic rings. The van der Waals surface area contributed by atoms with Crippen molar-refractivity contribution in [1.82, 2.24) is 4.90 Å². The van der Waals surface area contributed by atoms with Gasteiger partial charge in [-0.2, -0.15) is 0 Å². The van der Waals surface area contributed by atoms with Crippen molar-refractivity contribution in [3.63, 3.8) is 0 Å². The molecule has 1 fully saturated rings. The molecule has 1 aliphatic rings.